The van der Waals surface area contributed by atoms with E-state index in [9.17, 15) is 8.78 Å². The zero-order chi connectivity index (χ0) is 14.5. The van der Waals surface area contributed by atoms with Crippen LogP contribution in [-0.2, 0) is 19.6 Å². The van der Waals surface area contributed by atoms with Gasteiger partial charge in [-0.2, -0.15) is 19.0 Å². The van der Waals surface area contributed by atoms with Crippen molar-refractivity contribution in [2.45, 2.75) is 46.5 Å². The van der Waals surface area contributed by atoms with Crippen LogP contribution in [0, 0.1) is 6.92 Å². The van der Waals surface area contributed by atoms with Crippen LogP contribution in [0.4, 0.5) is 8.78 Å². The Morgan fingerprint density at radius 3 is 2.67 bits per heavy atom. The van der Waals surface area contributed by atoms with E-state index in [0.717, 1.165) is 24.2 Å². The molecule has 0 aromatic carbocycles. The molecule has 0 atom stereocenters. The average Bonchev–Trinajstić information content (AvgIpc) is 2.98. The van der Waals surface area contributed by atoms with E-state index in [1.807, 2.05) is 17.8 Å². The Balaban J connectivity index is 0.00000220. The lowest BCUT2D eigenvalue weighted by atomic mass is 10.2. The Hall–Kier alpha value is -1.47. The SMILES string of the molecule is CCCn1cc(CNCc2ccn(C(F)F)n2)c(C)n1.Cl. The molecule has 0 spiro atoms. The molecule has 2 aromatic rings. The minimum atomic E-state index is -2.58. The summed E-state index contributed by atoms with van der Waals surface area (Å²) >= 11 is 0. The van der Waals surface area contributed by atoms with E-state index in [-0.39, 0.29) is 12.4 Å². The van der Waals surface area contributed by atoms with E-state index in [1.54, 1.807) is 6.07 Å². The summed E-state index contributed by atoms with van der Waals surface area (Å²) in [5.74, 6) is 0. The molecule has 0 aliphatic rings. The van der Waals surface area contributed by atoms with Crippen molar-refractivity contribution >= 4 is 12.4 Å². The average molecular weight is 320 g/mol. The molecule has 2 heterocycles. The molecule has 1 N–H and O–H groups in total. The maximum Gasteiger partial charge on any atom is 0.333 e. The first-order valence-corrected chi connectivity index (χ1v) is 6.66. The molecule has 0 fully saturated rings. The van der Waals surface area contributed by atoms with Crippen molar-refractivity contribution in [3.8, 4) is 0 Å². The van der Waals surface area contributed by atoms with Gasteiger partial charge in [0.2, 0.25) is 0 Å². The maximum absolute atomic E-state index is 12.4. The first kappa shape index (κ1) is 17.6. The molecular weight excluding hydrogens is 300 g/mol. The summed E-state index contributed by atoms with van der Waals surface area (Å²) in [6, 6.07) is 1.59. The molecule has 118 valence electrons. The predicted octanol–water partition coefficient (Wildman–Crippen LogP) is 2.90. The summed E-state index contributed by atoms with van der Waals surface area (Å²) in [4.78, 5) is 0. The summed E-state index contributed by atoms with van der Waals surface area (Å²) in [7, 11) is 0. The molecule has 2 rings (SSSR count). The largest absolute Gasteiger partial charge is 0.333 e. The van der Waals surface area contributed by atoms with Crippen LogP contribution in [0.1, 0.15) is 36.8 Å². The monoisotopic (exact) mass is 319 g/mol. The lowest BCUT2D eigenvalue weighted by Gasteiger charge is -2.01. The van der Waals surface area contributed by atoms with Gasteiger partial charge in [-0.15, -0.1) is 12.4 Å². The van der Waals surface area contributed by atoms with Crippen molar-refractivity contribution in [2.24, 2.45) is 0 Å². The Bertz CT molecular complexity index is 553. The number of rotatable bonds is 7. The fourth-order valence-corrected chi connectivity index (χ4v) is 1.98. The minimum absolute atomic E-state index is 0. The van der Waals surface area contributed by atoms with Crippen molar-refractivity contribution in [2.75, 3.05) is 0 Å². The van der Waals surface area contributed by atoms with Crippen LogP contribution >= 0.6 is 12.4 Å². The van der Waals surface area contributed by atoms with E-state index >= 15 is 0 Å². The van der Waals surface area contributed by atoms with Gasteiger partial charge in [-0.1, -0.05) is 6.92 Å². The first-order valence-electron chi connectivity index (χ1n) is 6.66. The molecular formula is C13H20ClF2N5. The van der Waals surface area contributed by atoms with Crippen molar-refractivity contribution < 1.29 is 8.78 Å². The molecule has 0 unspecified atom stereocenters. The Labute approximate surface area is 128 Å². The van der Waals surface area contributed by atoms with Gasteiger partial charge in [-0.25, -0.2) is 4.68 Å². The van der Waals surface area contributed by atoms with Gasteiger partial charge in [0.25, 0.3) is 0 Å². The van der Waals surface area contributed by atoms with E-state index in [0.29, 0.717) is 23.5 Å². The molecule has 0 aliphatic heterocycles. The zero-order valence-corrected chi connectivity index (χ0v) is 12.9. The topological polar surface area (TPSA) is 47.7 Å². The van der Waals surface area contributed by atoms with Crippen LogP contribution in [0.25, 0.3) is 0 Å². The van der Waals surface area contributed by atoms with Crippen molar-refractivity contribution in [3.05, 3.63) is 35.4 Å². The van der Waals surface area contributed by atoms with E-state index in [1.165, 1.54) is 6.20 Å². The third-order valence-electron chi connectivity index (χ3n) is 2.99. The molecule has 0 saturated carbocycles. The lowest BCUT2D eigenvalue weighted by Crippen LogP contribution is -2.14. The van der Waals surface area contributed by atoms with Gasteiger partial charge in [0.05, 0.1) is 11.4 Å². The standard InChI is InChI=1S/C13H19F2N5.ClH/c1-3-5-19-9-11(10(2)17-19)7-16-8-12-4-6-20(18-12)13(14)15;/h4,6,9,13,16H,3,5,7-8H2,1-2H3;1H. The van der Waals surface area contributed by atoms with Crippen LogP contribution in [0.15, 0.2) is 18.5 Å². The van der Waals surface area contributed by atoms with Crippen LogP contribution in [0.3, 0.4) is 0 Å². The Morgan fingerprint density at radius 2 is 2.05 bits per heavy atom. The first-order chi connectivity index (χ1) is 9.60. The second-order valence-electron chi connectivity index (χ2n) is 4.67. The van der Waals surface area contributed by atoms with Crippen LogP contribution in [0.2, 0.25) is 0 Å². The van der Waals surface area contributed by atoms with Gasteiger partial charge < -0.3 is 5.32 Å². The van der Waals surface area contributed by atoms with Crippen molar-refractivity contribution in [3.63, 3.8) is 0 Å². The number of hydrogen-bond donors (Lipinski definition) is 1. The summed E-state index contributed by atoms with van der Waals surface area (Å²) < 4.78 is 27.3. The van der Waals surface area contributed by atoms with Gasteiger partial charge in [-0.3, -0.25) is 4.68 Å². The Morgan fingerprint density at radius 1 is 1.29 bits per heavy atom. The molecule has 0 amide bonds. The van der Waals surface area contributed by atoms with Gasteiger partial charge >= 0.3 is 6.55 Å². The molecule has 5 nitrogen and oxygen atoms in total. The highest BCUT2D eigenvalue weighted by molar-refractivity contribution is 5.85. The quantitative estimate of drug-likeness (QED) is 0.853. The fourth-order valence-electron chi connectivity index (χ4n) is 1.98. The van der Waals surface area contributed by atoms with Gasteiger partial charge in [0.15, 0.2) is 0 Å². The van der Waals surface area contributed by atoms with Crippen LogP contribution in [-0.4, -0.2) is 19.6 Å². The molecule has 21 heavy (non-hydrogen) atoms. The maximum atomic E-state index is 12.4. The normalized spacial score (nSPS) is 10.9. The number of nitrogens with one attached hydrogen (secondary N) is 1. The number of aromatic nitrogens is 4. The summed E-state index contributed by atoms with van der Waals surface area (Å²) in [6.07, 6.45) is 4.34. The number of hydrogen-bond acceptors (Lipinski definition) is 3. The number of nitrogens with zero attached hydrogens (tertiary/aromatic N) is 4. The highest BCUT2D eigenvalue weighted by Crippen LogP contribution is 2.09. The van der Waals surface area contributed by atoms with Crippen LogP contribution in [0.5, 0.6) is 0 Å². The van der Waals surface area contributed by atoms with Gasteiger partial charge in [0, 0.05) is 37.6 Å². The lowest BCUT2D eigenvalue weighted by molar-refractivity contribution is 0.0561. The summed E-state index contributed by atoms with van der Waals surface area (Å²) in [6.45, 7) is 3.50. The fraction of sp³-hybridized carbons (Fsp3) is 0.538. The number of aryl methyl sites for hydroxylation is 2. The van der Waals surface area contributed by atoms with Crippen molar-refractivity contribution in [1.82, 2.24) is 24.9 Å². The molecule has 0 aliphatic carbocycles. The molecule has 8 heteroatoms. The summed E-state index contributed by atoms with van der Waals surface area (Å²) in [5, 5.41) is 11.4. The molecule has 0 radical (unpaired) electrons. The highest BCUT2D eigenvalue weighted by Gasteiger charge is 2.08. The highest BCUT2D eigenvalue weighted by atomic mass is 35.5. The van der Waals surface area contributed by atoms with Gasteiger partial charge in [0.1, 0.15) is 0 Å². The van der Waals surface area contributed by atoms with Crippen LogP contribution < -0.4 is 5.32 Å². The zero-order valence-electron chi connectivity index (χ0n) is 12.1. The molecule has 2 aromatic heterocycles. The smallest absolute Gasteiger partial charge is 0.307 e. The van der Waals surface area contributed by atoms with Crippen molar-refractivity contribution in [1.29, 1.82) is 0 Å². The van der Waals surface area contributed by atoms with E-state index in [4.69, 9.17) is 0 Å². The van der Waals surface area contributed by atoms with Gasteiger partial charge in [-0.05, 0) is 19.4 Å². The number of halogens is 3. The molecule has 0 bridgehead atoms. The second-order valence-corrected chi connectivity index (χ2v) is 4.67. The van der Waals surface area contributed by atoms with E-state index < -0.39 is 6.55 Å². The summed E-state index contributed by atoms with van der Waals surface area (Å²) in [5.41, 5.74) is 2.71. The number of alkyl halides is 2. The minimum Gasteiger partial charge on any atom is -0.307 e. The second kappa shape index (κ2) is 8.09. The predicted molar refractivity (Wildman–Crippen MR) is 78.5 cm³/mol. The van der Waals surface area contributed by atoms with E-state index in [2.05, 4.69) is 22.4 Å². The third kappa shape index (κ3) is 4.78. The third-order valence-corrected chi connectivity index (χ3v) is 2.99. The molecule has 0 saturated heterocycles. The Kier molecular flexibility index (Phi) is 6.77.